The molecule has 1 aromatic heterocycles. The lowest BCUT2D eigenvalue weighted by Gasteiger charge is -2.33. The molecule has 0 bridgehead atoms. The molecule has 3 atom stereocenters. The van der Waals surface area contributed by atoms with E-state index in [-0.39, 0.29) is 22.8 Å². The monoisotopic (exact) mass is 536 g/mol. The van der Waals surface area contributed by atoms with Crippen molar-refractivity contribution in [1.82, 2.24) is 5.32 Å². The van der Waals surface area contributed by atoms with Crippen LogP contribution in [0.5, 0.6) is 5.75 Å². The summed E-state index contributed by atoms with van der Waals surface area (Å²) < 4.78 is 42.6. The van der Waals surface area contributed by atoms with Crippen LogP contribution in [0.25, 0.3) is 0 Å². The first-order chi connectivity index (χ1) is 16.8. The maximum Gasteiger partial charge on any atom is 0.265 e. The fourth-order valence-corrected chi connectivity index (χ4v) is 7.81. The molecule has 1 saturated heterocycles. The van der Waals surface area contributed by atoms with Gasteiger partial charge in [0, 0.05) is 10.9 Å². The van der Waals surface area contributed by atoms with Gasteiger partial charge >= 0.3 is 0 Å². The lowest BCUT2D eigenvalue weighted by Crippen LogP contribution is -2.37. The third kappa shape index (κ3) is 6.08. The Morgan fingerprint density at radius 2 is 1.86 bits per heavy atom. The molecule has 36 heavy (non-hydrogen) atoms. The smallest absolute Gasteiger partial charge is 0.265 e. The molecule has 2 aromatic rings. The van der Waals surface area contributed by atoms with Crippen LogP contribution in [-0.4, -0.2) is 43.9 Å². The molecule has 1 aromatic carbocycles. The van der Waals surface area contributed by atoms with Gasteiger partial charge in [0.1, 0.15) is 16.6 Å². The molecule has 10 heteroatoms. The number of anilines is 1. The third-order valence-electron chi connectivity index (χ3n) is 7.02. The summed E-state index contributed by atoms with van der Waals surface area (Å²) in [5, 5.41) is 6.21. The third-order valence-corrected chi connectivity index (χ3v) is 9.95. The predicted molar refractivity (Wildman–Crippen MR) is 139 cm³/mol. The molecule has 196 valence electrons. The van der Waals surface area contributed by atoms with Gasteiger partial charge in [-0.05, 0) is 73.8 Å². The number of halogens is 1. The quantitative estimate of drug-likeness (QED) is 0.571. The summed E-state index contributed by atoms with van der Waals surface area (Å²) in [6, 6.07) is 4.97. The lowest BCUT2D eigenvalue weighted by atomic mass is 9.72. The normalized spacial score (nSPS) is 21.9. The second-order valence-electron chi connectivity index (χ2n) is 10.8. The number of sulfone groups is 1. The average Bonchev–Trinajstić information content (AvgIpc) is 3.32. The van der Waals surface area contributed by atoms with Gasteiger partial charge in [-0.3, -0.25) is 9.59 Å². The molecule has 0 spiro atoms. The zero-order valence-electron chi connectivity index (χ0n) is 21.0. The zero-order chi connectivity index (χ0) is 26.3. The van der Waals surface area contributed by atoms with E-state index in [0.717, 1.165) is 29.7 Å². The topological polar surface area (TPSA) is 102 Å². The van der Waals surface area contributed by atoms with Crippen molar-refractivity contribution in [2.75, 3.05) is 16.8 Å². The van der Waals surface area contributed by atoms with E-state index in [2.05, 4.69) is 31.4 Å². The van der Waals surface area contributed by atoms with Gasteiger partial charge < -0.3 is 15.4 Å². The van der Waals surface area contributed by atoms with Crippen LogP contribution < -0.4 is 15.4 Å². The molecule has 4 rings (SSSR count). The van der Waals surface area contributed by atoms with E-state index in [4.69, 9.17) is 4.74 Å². The molecule has 0 radical (unpaired) electrons. The minimum Gasteiger partial charge on any atom is -0.481 e. The van der Waals surface area contributed by atoms with E-state index in [1.165, 1.54) is 35.6 Å². The first-order valence-electron chi connectivity index (χ1n) is 12.2. The number of fused-ring (bicyclic) bond motifs is 1. The van der Waals surface area contributed by atoms with Gasteiger partial charge in [0.15, 0.2) is 15.9 Å². The van der Waals surface area contributed by atoms with E-state index in [9.17, 15) is 22.4 Å². The van der Waals surface area contributed by atoms with E-state index in [0.29, 0.717) is 28.7 Å². The van der Waals surface area contributed by atoms with Crippen molar-refractivity contribution in [1.29, 1.82) is 0 Å². The van der Waals surface area contributed by atoms with Crippen molar-refractivity contribution in [3.63, 3.8) is 0 Å². The van der Waals surface area contributed by atoms with E-state index in [1.807, 2.05) is 0 Å². The van der Waals surface area contributed by atoms with Gasteiger partial charge in [0.05, 0.1) is 17.1 Å². The van der Waals surface area contributed by atoms with Crippen LogP contribution in [0.1, 0.15) is 61.3 Å². The standard InChI is InChI=1S/C26H33FN2O5S2/c1-15(34-19-8-6-17(27)7-9-19)23(30)29-25-22(24(31)28-18-11-12-36(32,33)14-18)20-10-5-16(26(2,3)4)13-21(20)35-25/h6-9,15-16,18H,5,10-14H2,1-4H3,(H,28,31)(H,29,30)/t15-,16-,18+/m1/s1. The van der Waals surface area contributed by atoms with Gasteiger partial charge in [0.2, 0.25) is 0 Å². The number of thiophene rings is 1. The van der Waals surface area contributed by atoms with Crippen LogP contribution in [0.15, 0.2) is 24.3 Å². The molecule has 1 fully saturated rings. The zero-order valence-corrected chi connectivity index (χ0v) is 22.7. The number of amides is 2. The highest BCUT2D eigenvalue weighted by Gasteiger charge is 2.36. The molecular weight excluding hydrogens is 503 g/mol. The molecular formula is C26H33FN2O5S2. The molecule has 0 saturated carbocycles. The second-order valence-corrected chi connectivity index (χ2v) is 14.1. The Morgan fingerprint density at radius 1 is 1.17 bits per heavy atom. The van der Waals surface area contributed by atoms with Crippen LogP contribution in [0.2, 0.25) is 0 Å². The van der Waals surface area contributed by atoms with Crippen molar-refractivity contribution in [3.05, 3.63) is 46.1 Å². The Kier molecular flexibility index (Phi) is 7.48. The molecule has 0 unspecified atom stereocenters. The van der Waals surface area contributed by atoms with Gasteiger partial charge in [-0.25, -0.2) is 12.8 Å². The summed E-state index contributed by atoms with van der Waals surface area (Å²) >= 11 is 1.41. The summed E-state index contributed by atoms with van der Waals surface area (Å²) in [5.41, 5.74) is 1.47. The van der Waals surface area contributed by atoms with Crippen LogP contribution in [-0.2, 0) is 27.5 Å². The second kappa shape index (κ2) is 10.1. The Hall–Kier alpha value is -2.46. The molecule has 2 aliphatic rings. The average molecular weight is 537 g/mol. The number of carbonyl (C=O) groups is 2. The van der Waals surface area contributed by atoms with Crippen molar-refractivity contribution in [2.45, 2.75) is 65.5 Å². The van der Waals surface area contributed by atoms with Crippen molar-refractivity contribution >= 4 is 38.0 Å². The summed E-state index contributed by atoms with van der Waals surface area (Å²) in [4.78, 5) is 27.5. The maximum atomic E-state index is 13.4. The number of rotatable bonds is 6. The molecule has 1 aliphatic heterocycles. The SMILES string of the molecule is C[C@@H](Oc1ccc(F)cc1)C(=O)Nc1sc2c(c1C(=O)N[C@H]1CCS(=O)(=O)C1)CC[C@@H](C(C)(C)C)C2. The molecule has 2 N–H and O–H groups in total. The van der Waals surface area contributed by atoms with Crippen molar-refractivity contribution in [2.24, 2.45) is 11.3 Å². The van der Waals surface area contributed by atoms with Crippen LogP contribution in [0, 0.1) is 17.2 Å². The molecule has 1 aliphatic carbocycles. The molecule has 2 heterocycles. The number of ether oxygens (including phenoxy) is 1. The fourth-order valence-electron chi connectivity index (χ4n) is 4.80. The largest absolute Gasteiger partial charge is 0.481 e. The van der Waals surface area contributed by atoms with E-state index in [1.54, 1.807) is 6.92 Å². The minimum absolute atomic E-state index is 0.0643. The Balaban J connectivity index is 1.57. The molecule has 2 amide bonds. The highest BCUT2D eigenvalue weighted by Crippen LogP contribution is 2.44. The summed E-state index contributed by atoms with van der Waals surface area (Å²) in [6.45, 7) is 8.22. The lowest BCUT2D eigenvalue weighted by molar-refractivity contribution is -0.122. The predicted octanol–water partition coefficient (Wildman–Crippen LogP) is 4.36. The number of hydrogen-bond donors (Lipinski definition) is 2. The Bertz CT molecular complexity index is 1250. The number of nitrogens with one attached hydrogen (secondary N) is 2. The van der Waals surface area contributed by atoms with Crippen molar-refractivity contribution in [3.8, 4) is 5.75 Å². The van der Waals surface area contributed by atoms with Gasteiger partial charge in [-0.2, -0.15) is 0 Å². The number of hydrogen-bond acceptors (Lipinski definition) is 6. The molecule has 7 nitrogen and oxygen atoms in total. The summed E-state index contributed by atoms with van der Waals surface area (Å²) in [6.07, 6.45) is 1.98. The summed E-state index contributed by atoms with van der Waals surface area (Å²) in [5.74, 6) is -0.380. The van der Waals surface area contributed by atoms with Gasteiger partial charge in [0.25, 0.3) is 11.8 Å². The van der Waals surface area contributed by atoms with Crippen LogP contribution >= 0.6 is 11.3 Å². The number of benzene rings is 1. The first kappa shape index (κ1) is 26.6. The Labute approximate surface area is 215 Å². The highest BCUT2D eigenvalue weighted by atomic mass is 32.2. The minimum atomic E-state index is -3.15. The maximum absolute atomic E-state index is 13.4. The fraction of sp³-hybridized carbons (Fsp3) is 0.538. The number of carbonyl (C=O) groups excluding carboxylic acids is 2. The van der Waals surface area contributed by atoms with E-state index < -0.39 is 33.7 Å². The van der Waals surface area contributed by atoms with Crippen LogP contribution in [0.4, 0.5) is 9.39 Å². The van der Waals surface area contributed by atoms with Crippen molar-refractivity contribution < 1.29 is 27.1 Å². The van der Waals surface area contributed by atoms with Gasteiger partial charge in [-0.15, -0.1) is 11.3 Å². The van der Waals surface area contributed by atoms with Crippen LogP contribution in [0.3, 0.4) is 0 Å². The highest BCUT2D eigenvalue weighted by molar-refractivity contribution is 7.91. The van der Waals surface area contributed by atoms with Gasteiger partial charge in [-0.1, -0.05) is 20.8 Å². The summed E-state index contributed by atoms with van der Waals surface area (Å²) in [7, 11) is -3.15. The Morgan fingerprint density at radius 3 is 2.47 bits per heavy atom. The first-order valence-corrected chi connectivity index (χ1v) is 14.8. The van der Waals surface area contributed by atoms with E-state index >= 15 is 0 Å².